The summed E-state index contributed by atoms with van der Waals surface area (Å²) < 4.78 is 68.2. The molecule has 0 aliphatic carbocycles. The van der Waals surface area contributed by atoms with Gasteiger partial charge < -0.3 is 14.6 Å². The summed E-state index contributed by atoms with van der Waals surface area (Å²) in [6.45, 7) is -0.291. The fraction of sp³-hybridized carbons (Fsp3) is 0.167. The van der Waals surface area contributed by atoms with Crippen molar-refractivity contribution in [2.75, 3.05) is 12.4 Å². The molecular formula is C18H14F3N3O6S. The van der Waals surface area contributed by atoms with Gasteiger partial charge in [-0.15, -0.1) is 0 Å². The Morgan fingerprint density at radius 1 is 1.19 bits per heavy atom. The lowest BCUT2D eigenvalue weighted by Gasteiger charge is -2.14. The molecule has 0 aliphatic rings. The Labute approximate surface area is 173 Å². The molecule has 13 heteroatoms. The number of fused-ring (bicyclic) bond motifs is 1. The second-order valence-corrected chi connectivity index (χ2v) is 8.24. The summed E-state index contributed by atoms with van der Waals surface area (Å²) in [5.74, 6) is -0.724. The molecule has 0 radical (unpaired) electrons. The molecule has 31 heavy (non-hydrogen) atoms. The fourth-order valence-corrected chi connectivity index (χ4v) is 3.66. The summed E-state index contributed by atoms with van der Waals surface area (Å²) in [6, 6.07) is 8.01. The van der Waals surface area contributed by atoms with E-state index in [1.807, 2.05) is 0 Å². The highest BCUT2D eigenvalue weighted by Crippen LogP contribution is 2.34. The lowest BCUT2D eigenvalue weighted by Crippen LogP contribution is -2.24. The Bertz CT molecular complexity index is 1280. The normalized spacial score (nSPS) is 12.0. The van der Waals surface area contributed by atoms with Gasteiger partial charge in [0.15, 0.2) is 0 Å². The number of alkyl halides is 3. The van der Waals surface area contributed by atoms with Crippen LogP contribution in [-0.4, -0.2) is 36.4 Å². The van der Waals surface area contributed by atoms with Gasteiger partial charge in [-0.2, -0.15) is 13.2 Å². The van der Waals surface area contributed by atoms with Crippen molar-refractivity contribution in [3.05, 3.63) is 58.8 Å². The molecule has 1 N–H and O–H groups in total. The number of carbonyl (C=O) groups is 1. The standard InChI is InChI=1S/C18H14F3N3O6S/c1-30-16-5-3-13(31(28,29)18(19,20)21)9-14(16)22-17(25)10-23-7-6-11-8-12(24(26)27)2-4-15(11)23/h2-9H,10H2,1H3,(H,22,25). The average Bonchev–Trinajstić information content (AvgIpc) is 3.08. The van der Waals surface area contributed by atoms with Gasteiger partial charge >= 0.3 is 5.51 Å². The number of non-ortho nitro benzene ring substituents is 1. The van der Waals surface area contributed by atoms with E-state index in [9.17, 15) is 36.5 Å². The number of nitrogens with one attached hydrogen (secondary N) is 1. The van der Waals surface area contributed by atoms with Crippen LogP contribution in [0.1, 0.15) is 0 Å². The summed E-state index contributed by atoms with van der Waals surface area (Å²) >= 11 is 0. The Kier molecular flexibility index (Phi) is 5.63. The van der Waals surface area contributed by atoms with E-state index in [4.69, 9.17) is 4.74 Å². The van der Waals surface area contributed by atoms with Crippen LogP contribution in [0, 0.1) is 10.1 Å². The van der Waals surface area contributed by atoms with Crippen molar-refractivity contribution in [3.63, 3.8) is 0 Å². The van der Waals surface area contributed by atoms with E-state index < -0.39 is 31.1 Å². The van der Waals surface area contributed by atoms with Crippen molar-refractivity contribution in [3.8, 4) is 5.75 Å². The van der Waals surface area contributed by atoms with Crippen LogP contribution in [0.25, 0.3) is 10.9 Å². The van der Waals surface area contributed by atoms with E-state index in [0.717, 1.165) is 12.1 Å². The first-order valence-electron chi connectivity index (χ1n) is 8.46. The minimum absolute atomic E-state index is 0.0394. The molecule has 1 aromatic heterocycles. The van der Waals surface area contributed by atoms with Crippen molar-refractivity contribution in [2.24, 2.45) is 0 Å². The molecule has 0 bridgehead atoms. The first-order valence-corrected chi connectivity index (χ1v) is 9.95. The number of amides is 1. The number of hydrogen-bond donors (Lipinski definition) is 1. The molecule has 3 aromatic rings. The zero-order chi connectivity index (χ0) is 23.0. The number of carbonyl (C=O) groups excluding carboxylic acids is 1. The van der Waals surface area contributed by atoms with Gasteiger partial charge in [0.25, 0.3) is 15.5 Å². The van der Waals surface area contributed by atoms with Crippen LogP contribution in [0.2, 0.25) is 0 Å². The number of nitro groups is 1. The summed E-state index contributed by atoms with van der Waals surface area (Å²) in [6.07, 6.45) is 1.51. The number of nitrogens with zero attached hydrogens (tertiary/aromatic N) is 2. The molecule has 1 amide bonds. The van der Waals surface area contributed by atoms with Crippen LogP contribution < -0.4 is 10.1 Å². The molecule has 0 unspecified atom stereocenters. The van der Waals surface area contributed by atoms with Crippen LogP contribution in [-0.2, 0) is 21.2 Å². The van der Waals surface area contributed by atoms with Gasteiger partial charge in [0.2, 0.25) is 5.91 Å². The highest BCUT2D eigenvalue weighted by atomic mass is 32.2. The van der Waals surface area contributed by atoms with Gasteiger partial charge in [-0.3, -0.25) is 14.9 Å². The number of nitro benzene ring substituents is 1. The Morgan fingerprint density at radius 2 is 1.90 bits per heavy atom. The average molecular weight is 457 g/mol. The van der Waals surface area contributed by atoms with Crippen molar-refractivity contribution >= 4 is 38.0 Å². The van der Waals surface area contributed by atoms with Gasteiger partial charge in [0.1, 0.15) is 12.3 Å². The highest BCUT2D eigenvalue weighted by Gasteiger charge is 2.47. The van der Waals surface area contributed by atoms with Crippen molar-refractivity contribution < 1.29 is 36.0 Å². The first-order chi connectivity index (χ1) is 14.4. The molecule has 0 aliphatic heterocycles. The smallest absolute Gasteiger partial charge is 0.495 e. The van der Waals surface area contributed by atoms with Crippen LogP contribution in [0.5, 0.6) is 5.75 Å². The molecule has 0 saturated carbocycles. The largest absolute Gasteiger partial charge is 0.501 e. The van der Waals surface area contributed by atoms with E-state index >= 15 is 0 Å². The SMILES string of the molecule is COc1ccc(S(=O)(=O)C(F)(F)F)cc1NC(=O)Cn1ccc2cc([N+](=O)[O-])ccc21. The minimum atomic E-state index is -5.62. The molecule has 0 saturated heterocycles. The number of sulfone groups is 1. The van der Waals surface area contributed by atoms with Crippen LogP contribution >= 0.6 is 0 Å². The molecular weight excluding hydrogens is 443 g/mol. The minimum Gasteiger partial charge on any atom is -0.495 e. The number of benzene rings is 2. The third-order valence-corrected chi connectivity index (χ3v) is 5.82. The number of rotatable bonds is 6. The zero-order valence-corrected chi connectivity index (χ0v) is 16.5. The number of methoxy groups -OCH3 is 1. The van der Waals surface area contributed by atoms with Gasteiger partial charge in [-0.1, -0.05) is 0 Å². The quantitative estimate of drug-likeness (QED) is 0.447. The Morgan fingerprint density at radius 3 is 2.52 bits per heavy atom. The second-order valence-electron chi connectivity index (χ2n) is 6.30. The van der Waals surface area contributed by atoms with Crippen molar-refractivity contribution in [1.29, 1.82) is 0 Å². The van der Waals surface area contributed by atoms with E-state index in [1.165, 1.54) is 36.1 Å². The lowest BCUT2D eigenvalue weighted by atomic mass is 10.2. The predicted molar refractivity (Wildman–Crippen MR) is 103 cm³/mol. The molecule has 2 aromatic carbocycles. The third-order valence-electron chi connectivity index (χ3n) is 4.34. The molecule has 3 rings (SSSR count). The summed E-state index contributed by atoms with van der Waals surface area (Å²) in [5.41, 5.74) is -5.37. The molecule has 0 fully saturated rings. The van der Waals surface area contributed by atoms with Crippen LogP contribution in [0.15, 0.2) is 53.6 Å². The number of halogens is 3. The molecule has 1 heterocycles. The maximum Gasteiger partial charge on any atom is 0.501 e. The third kappa shape index (κ3) is 4.30. The number of ether oxygens (including phenoxy) is 1. The molecule has 164 valence electrons. The number of aromatic nitrogens is 1. The van der Waals surface area contributed by atoms with Crippen LogP contribution in [0.3, 0.4) is 0 Å². The summed E-state index contributed by atoms with van der Waals surface area (Å²) in [4.78, 5) is 21.7. The maximum atomic E-state index is 12.8. The fourth-order valence-electron chi connectivity index (χ4n) is 2.87. The number of hydrogen-bond acceptors (Lipinski definition) is 6. The van der Waals surface area contributed by atoms with E-state index in [0.29, 0.717) is 17.0 Å². The molecule has 0 atom stereocenters. The Balaban J connectivity index is 1.87. The number of anilines is 1. The summed E-state index contributed by atoms with van der Waals surface area (Å²) in [7, 11) is -4.41. The van der Waals surface area contributed by atoms with Gasteiger partial charge in [-0.05, 0) is 30.3 Å². The molecule has 9 nitrogen and oxygen atoms in total. The second kappa shape index (κ2) is 7.91. The van der Waals surface area contributed by atoms with Crippen molar-refractivity contribution in [1.82, 2.24) is 4.57 Å². The zero-order valence-electron chi connectivity index (χ0n) is 15.7. The van der Waals surface area contributed by atoms with Crippen molar-refractivity contribution in [2.45, 2.75) is 16.9 Å². The molecule has 0 spiro atoms. The lowest BCUT2D eigenvalue weighted by molar-refractivity contribution is -0.384. The van der Waals surface area contributed by atoms with E-state index in [-0.39, 0.29) is 23.7 Å². The van der Waals surface area contributed by atoms with Gasteiger partial charge in [0, 0.05) is 29.2 Å². The maximum absolute atomic E-state index is 12.8. The first kappa shape index (κ1) is 22.1. The Hall–Kier alpha value is -3.61. The van der Waals surface area contributed by atoms with E-state index in [1.54, 1.807) is 6.07 Å². The highest BCUT2D eigenvalue weighted by molar-refractivity contribution is 7.92. The van der Waals surface area contributed by atoms with Gasteiger partial charge in [-0.25, -0.2) is 8.42 Å². The monoisotopic (exact) mass is 457 g/mol. The topological polar surface area (TPSA) is 121 Å². The van der Waals surface area contributed by atoms with E-state index in [2.05, 4.69) is 5.32 Å². The predicted octanol–water partition coefficient (Wildman–Crippen LogP) is 3.49. The summed E-state index contributed by atoms with van der Waals surface area (Å²) in [5, 5.41) is 13.7. The van der Waals surface area contributed by atoms with Crippen LogP contribution in [0.4, 0.5) is 24.5 Å². The van der Waals surface area contributed by atoms with Gasteiger partial charge in [0.05, 0.1) is 22.6 Å².